The number of benzene rings is 1. The van der Waals surface area contributed by atoms with E-state index in [-0.39, 0.29) is 18.8 Å². The van der Waals surface area contributed by atoms with Crippen LogP contribution in [0.25, 0.3) is 10.9 Å². The third-order valence-electron chi connectivity index (χ3n) is 3.80. The highest BCUT2D eigenvalue weighted by atomic mass is 16.5. The molecule has 2 aromatic rings. The first kappa shape index (κ1) is 12.4. The molecule has 3 rings (SSSR count). The van der Waals surface area contributed by atoms with E-state index in [1.54, 1.807) is 7.11 Å². The molecule has 1 fully saturated rings. The van der Waals surface area contributed by atoms with Crippen LogP contribution in [0, 0.1) is 0 Å². The zero-order valence-corrected chi connectivity index (χ0v) is 11.0. The van der Waals surface area contributed by atoms with E-state index in [9.17, 15) is 5.11 Å². The van der Waals surface area contributed by atoms with Crippen molar-refractivity contribution in [3.05, 3.63) is 36.4 Å². The molecule has 1 aromatic heterocycles. The van der Waals surface area contributed by atoms with Gasteiger partial charge in [0.05, 0.1) is 24.3 Å². The van der Waals surface area contributed by atoms with Gasteiger partial charge in [0, 0.05) is 19.0 Å². The van der Waals surface area contributed by atoms with Gasteiger partial charge in [0.2, 0.25) is 0 Å². The van der Waals surface area contributed by atoms with Gasteiger partial charge in [-0.1, -0.05) is 18.2 Å². The van der Waals surface area contributed by atoms with Crippen LogP contribution in [0.2, 0.25) is 0 Å². The molecule has 0 saturated carbocycles. The number of para-hydroxylation sites is 1. The molecule has 0 spiro atoms. The van der Waals surface area contributed by atoms with E-state index in [2.05, 4.69) is 22.0 Å². The fourth-order valence-electron chi connectivity index (χ4n) is 2.71. The van der Waals surface area contributed by atoms with Gasteiger partial charge in [-0.2, -0.15) is 0 Å². The average molecular weight is 258 g/mol. The molecule has 1 N–H and O–H groups in total. The van der Waals surface area contributed by atoms with Gasteiger partial charge in [-0.3, -0.25) is 0 Å². The molecule has 100 valence electrons. The molecule has 1 aromatic carbocycles. The van der Waals surface area contributed by atoms with E-state index in [1.165, 1.54) is 0 Å². The van der Waals surface area contributed by atoms with E-state index in [1.807, 2.05) is 24.3 Å². The number of hydrogen-bond donors (Lipinski definition) is 1. The van der Waals surface area contributed by atoms with E-state index < -0.39 is 0 Å². The molecule has 4 heteroatoms. The zero-order chi connectivity index (χ0) is 13.2. The minimum atomic E-state index is 0.0959. The van der Waals surface area contributed by atoms with Crippen LogP contribution in [-0.4, -0.2) is 42.5 Å². The van der Waals surface area contributed by atoms with Gasteiger partial charge in [0.25, 0.3) is 0 Å². The van der Waals surface area contributed by atoms with Gasteiger partial charge in [0.15, 0.2) is 0 Å². The SMILES string of the molecule is CO[C@@H]1C[C@@H](CO)N(c2ccc3ccccc3n2)C1. The summed E-state index contributed by atoms with van der Waals surface area (Å²) in [6, 6.07) is 12.3. The number of ether oxygens (including phenoxy) is 1. The first-order valence-corrected chi connectivity index (χ1v) is 6.58. The summed E-state index contributed by atoms with van der Waals surface area (Å²) < 4.78 is 5.40. The van der Waals surface area contributed by atoms with E-state index in [0.717, 1.165) is 29.7 Å². The van der Waals surface area contributed by atoms with Crippen LogP contribution < -0.4 is 4.90 Å². The number of methoxy groups -OCH3 is 1. The summed E-state index contributed by atoms with van der Waals surface area (Å²) in [5.41, 5.74) is 0.984. The Balaban J connectivity index is 1.94. The van der Waals surface area contributed by atoms with Crippen molar-refractivity contribution in [3.8, 4) is 0 Å². The largest absolute Gasteiger partial charge is 0.394 e. The molecular weight excluding hydrogens is 240 g/mol. The summed E-state index contributed by atoms with van der Waals surface area (Å²) in [5.74, 6) is 0.914. The predicted octanol–water partition coefficient (Wildman–Crippen LogP) is 1.82. The van der Waals surface area contributed by atoms with Crippen LogP contribution in [0.4, 0.5) is 5.82 Å². The minimum Gasteiger partial charge on any atom is -0.394 e. The number of hydrogen-bond acceptors (Lipinski definition) is 4. The lowest BCUT2D eigenvalue weighted by molar-refractivity contribution is 0.115. The molecule has 1 aliphatic rings. The smallest absolute Gasteiger partial charge is 0.129 e. The summed E-state index contributed by atoms with van der Waals surface area (Å²) in [5, 5.41) is 10.6. The van der Waals surface area contributed by atoms with Crippen molar-refractivity contribution in [1.82, 2.24) is 4.98 Å². The fraction of sp³-hybridized carbons (Fsp3) is 0.400. The minimum absolute atomic E-state index is 0.0959. The predicted molar refractivity (Wildman–Crippen MR) is 75.4 cm³/mol. The molecule has 0 bridgehead atoms. The lowest BCUT2D eigenvalue weighted by atomic mass is 10.2. The van der Waals surface area contributed by atoms with Crippen molar-refractivity contribution < 1.29 is 9.84 Å². The number of aromatic nitrogens is 1. The van der Waals surface area contributed by atoms with Crippen LogP contribution in [-0.2, 0) is 4.74 Å². The van der Waals surface area contributed by atoms with Crippen LogP contribution in [0.3, 0.4) is 0 Å². The van der Waals surface area contributed by atoms with Gasteiger partial charge >= 0.3 is 0 Å². The topological polar surface area (TPSA) is 45.6 Å². The first-order valence-electron chi connectivity index (χ1n) is 6.58. The van der Waals surface area contributed by atoms with Crippen LogP contribution in [0.15, 0.2) is 36.4 Å². The van der Waals surface area contributed by atoms with Crippen LogP contribution in [0.5, 0.6) is 0 Å². The number of pyridine rings is 1. The number of nitrogens with zero attached hydrogens (tertiary/aromatic N) is 2. The third-order valence-corrected chi connectivity index (χ3v) is 3.80. The Bertz CT molecular complexity index is 573. The number of aliphatic hydroxyl groups excluding tert-OH is 1. The zero-order valence-electron chi connectivity index (χ0n) is 11.0. The van der Waals surface area contributed by atoms with Crippen molar-refractivity contribution in [2.24, 2.45) is 0 Å². The molecule has 4 nitrogen and oxygen atoms in total. The summed E-state index contributed by atoms with van der Waals surface area (Å²) in [7, 11) is 1.72. The maximum Gasteiger partial charge on any atom is 0.129 e. The molecule has 0 unspecified atom stereocenters. The Morgan fingerprint density at radius 2 is 2.16 bits per heavy atom. The lowest BCUT2D eigenvalue weighted by Crippen LogP contribution is -2.33. The molecule has 2 heterocycles. The second kappa shape index (κ2) is 5.15. The van der Waals surface area contributed by atoms with Crippen molar-refractivity contribution in [2.45, 2.75) is 18.6 Å². The lowest BCUT2D eigenvalue weighted by Gasteiger charge is -2.24. The standard InChI is InChI=1S/C15H18N2O2/c1-19-13-8-12(10-18)17(9-13)15-7-6-11-4-2-3-5-14(11)16-15/h2-7,12-13,18H,8-10H2,1H3/t12-,13+/m0/s1. The Labute approximate surface area is 112 Å². The highest BCUT2D eigenvalue weighted by molar-refractivity contribution is 5.80. The van der Waals surface area contributed by atoms with Crippen LogP contribution >= 0.6 is 0 Å². The number of fused-ring (bicyclic) bond motifs is 1. The van der Waals surface area contributed by atoms with E-state index >= 15 is 0 Å². The molecule has 0 radical (unpaired) electrons. The second-order valence-corrected chi connectivity index (χ2v) is 4.94. The summed E-state index contributed by atoms with van der Waals surface area (Å²) >= 11 is 0. The van der Waals surface area contributed by atoms with Gasteiger partial charge in [-0.05, 0) is 24.6 Å². The van der Waals surface area contributed by atoms with Gasteiger partial charge in [0.1, 0.15) is 5.82 Å². The van der Waals surface area contributed by atoms with Crippen LogP contribution in [0.1, 0.15) is 6.42 Å². The Hall–Kier alpha value is -1.65. The molecule has 0 aliphatic carbocycles. The summed E-state index contributed by atoms with van der Waals surface area (Å²) in [4.78, 5) is 6.82. The molecule has 19 heavy (non-hydrogen) atoms. The normalized spacial score (nSPS) is 23.2. The van der Waals surface area contributed by atoms with Crippen molar-refractivity contribution in [3.63, 3.8) is 0 Å². The first-order chi connectivity index (χ1) is 9.31. The van der Waals surface area contributed by atoms with Crippen molar-refractivity contribution in [1.29, 1.82) is 0 Å². The van der Waals surface area contributed by atoms with E-state index in [4.69, 9.17) is 4.74 Å². The van der Waals surface area contributed by atoms with Gasteiger partial charge in [-0.15, -0.1) is 0 Å². The van der Waals surface area contributed by atoms with Crippen molar-refractivity contribution >= 4 is 16.7 Å². The quantitative estimate of drug-likeness (QED) is 0.912. The molecule has 1 saturated heterocycles. The molecule has 2 atom stereocenters. The molecule has 1 aliphatic heterocycles. The van der Waals surface area contributed by atoms with Crippen molar-refractivity contribution in [2.75, 3.05) is 25.2 Å². The molecule has 0 amide bonds. The second-order valence-electron chi connectivity index (χ2n) is 4.94. The maximum atomic E-state index is 9.50. The average Bonchev–Trinajstić information content (AvgIpc) is 2.90. The number of aliphatic hydroxyl groups is 1. The fourth-order valence-corrected chi connectivity index (χ4v) is 2.71. The number of rotatable bonds is 3. The van der Waals surface area contributed by atoms with Gasteiger partial charge in [-0.25, -0.2) is 4.98 Å². The van der Waals surface area contributed by atoms with E-state index in [0.29, 0.717) is 0 Å². The Kier molecular flexibility index (Phi) is 3.36. The molecular formula is C15H18N2O2. The van der Waals surface area contributed by atoms with Gasteiger partial charge < -0.3 is 14.7 Å². The summed E-state index contributed by atoms with van der Waals surface area (Å²) in [6.07, 6.45) is 1.02. The summed E-state index contributed by atoms with van der Waals surface area (Å²) in [6.45, 7) is 0.918. The highest BCUT2D eigenvalue weighted by Crippen LogP contribution is 2.27. The number of anilines is 1. The maximum absolute atomic E-state index is 9.50. The Morgan fingerprint density at radius 3 is 2.95 bits per heavy atom. The third kappa shape index (κ3) is 2.29. The monoisotopic (exact) mass is 258 g/mol. The highest BCUT2D eigenvalue weighted by Gasteiger charge is 2.32. The Morgan fingerprint density at radius 1 is 1.32 bits per heavy atom.